The lowest BCUT2D eigenvalue weighted by atomic mass is 10.4. The van der Waals surface area contributed by atoms with Gasteiger partial charge < -0.3 is 10.1 Å². The van der Waals surface area contributed by atoms with Crippen molar-refractivity contribution in [2.45, 2.75) is 19.4 Å². The molecule has 0 aliphatic rings. The standard InChI is InChI=1S/C8H19NOS/c1-4-5-10-6-8(9-2)7-11-3/h8-9H,4-7H2,1-3H3. The summed E-state index contributed by atoms with van der Waals surface area (Å²) in [5.74, 6) is 1.13. The molecule has 0 aromatic carbocycles. The van der Waals surface area contributed by atoms with Crippen LogP contribution in [0.1, 0.15) is 13.3 Å². The van der Waals surface area contributed by atoms with Crippen LogP contribution in [-0.4, -0.2) is 38.3 Å². The molecule has 0 aliphatic carbocycles. The minimum Gasteiger partial charge on any atom is -0.380 e. The van der Waals surface area contributed by atoms with Crippen LogP contribution in [0.5, 0.6) is 0 Å². The maximum Gasteiger partial charge on any atom is 0.0627 e. The van der Waals surface area contributed by atoms with Gasteiger partial charge in [-0.3, -0.25) is 0 Å². The number of hydrogen-bond donors (Lipinski definition) is 1. The Morgan fingerprint density at radius 1 is 1.55 bits per heavy atom. The maximum atomic E-state index is 5.41. The van der Waals surface area contributed by atoms with Crippen LogP contribution in [0, 0.1) is 0 Å². The number of hydrogen-bond acceptors (Lipinski definition) is 3. The molecule has 0 radical (unpaired) electrons. The molecule has 0 amide bonds. The van der Waals surface area contributed by atoms with Crippen LogP contribution < -0.4 is 5.32 Å². The van der Waals surface area contributed by atoms with Crippen molar-refractivity contribution in [3.05, 3.63) is 0 Å². The van der Waals surface area contributed by atoms with Gasteiger partial charge in [0.1, 0.15) is 0 Å². The minimum atomic E-state index is 0.511. The third-order valence-corrected chi connectivity index (χ3v) is 2.18. The van der Waals surface area contributed by atoms with Crippen molar-refractivity contribution in [3.8, 4) is 0 Å². The number of thioether (sulfide) groups is 1. The van der Waals surface area contributed by atoms with Crippen LogP contribution in [0.2, 0.25) is 0 Å². The quantitative estimate of drug-likeness (QED) is 0.593. The molecule has 2 nitrogen and oxygen atoms in total. The van der Waals surface area contributed by atoms with Crippen LogP contribution in [-0.2, 0) is 4.74 Å². The van der Waals surface area contributed by atoms with Gasteiger partial charge in [-0.25, -0.2) is 0 Å². The molecule has 0 heterocycles. The Labute approximate surface area is 74.1 Å². The maximum absolute atomic E-state index is 5.41. The Morgan fingerprint density at radius 2 is 2.27 bits per heavy atom. The molecule has 0 saturated heterocycles. The van der Waals surface area contributed by atoms with Crippen molar-refractivity contribution >= 4 is 11.8 Å². The van der Waals surface area contributed by atoms with E-state index in [-0.39, 0.29) is 0 Å². The van der Waals surface area contributed by atoms with Gasteiger partial charge in [-0.1, -0.05) is 6.92 Å². The Balaban J connectivity index is 3.20. The van der Waals surface area contributed by atoms with E-state index in [0.29, 0.717) is 6.04 Å². The van der Waals surface area contributed by atoms with Crippen LogP contribution in [0.4, 0.5) is 0 Å². The first-order chi connectivity index (χ1) is 5.35. The fraction of sp³-hybridized carbons (Fsp3) is 1.00. The Morgan fingerprint density at radius 3 is 2.73 bits per heavy atom. The normalized spacial score (nSPS) is 13.4. The third-order valence-electron chi connectivity index (χ3n) is 1.44. The number of ether oxygens (including phenoxy) is 1. The lowest BCUT2D eigenvalue weighted by molar-refractivity contribution is 0.119. The summed E-state index contributed by atoms with van der Waals surface area (Å²) >= 11 is 1.85. The molecule has 0 aromatic heterocycles. The van der Waals surface area contributed by atoms with Gasteiger partial charge in [0.2, 0.25) is 0 Å². The highest BCUT2D eigenvalue weighted by Crippen LogP contribution is 1.97. The van der Waals surface area contributed by atoms with Crippen molar-refractivity contribution in [1.29, 1.82) is 0 Å². The Bertz CT molecular complexity index is 80.5. The lowest BCUT2D eigenvalue weighted by Crippen LogP contribution is -2.32. The molecule has 1 unspecified atom stereocenters. The molecule has 0 rings (SSSR count). The van der Waals surface area contributed by atoms with Gasteiger partial charge in [0.05, 0.1) is 6.61 Å². The molecule has 1 atom stereocenters. The van der Waals surface area contributed by atoms with Crippen molar-refractivity contribution in [2.75, 3.05) is 32.3 Å². The molecule has 0 bridgehead atoms. The SMILES string of the molecule is CCCOCC(CSC)NC. The second kappa shape index (κ2) is 8.37. The molecule has 68 valence electrons. The average molecular weight is 177 g/mol. The van der Waals surface area contributed by atoms with E-state index < -0.39 is 0 Å². The topological polar surface area (TPSA) is 21.3 Å². The monoisotopic (exact) mass is 177 g/mol. The lowest BCUT2D eigenvalue weighted by Gasteiger charge is -2.14. The summed E-state index contributed by atoms with van der Waals surface area (Å²) in [6.45, 7) is 3.85. The molecule has 0 saturated carbocycles. The van der Waals surface area contributed by atoms with Crippen molar-refractivity contribution in [1.82, 2.24) is 5.32 Å². The number of nitrogens with one attached hydrogen (secondary N) is 1. The van der Waals surface area contributed by atoms with E-state index in [4.69, 9.17) is 4.74 Å². The van der Waals surface area contributed by atoms with Crippen LogP contribution in [0.3, 0.4) is 0 Å². The molecule has 3 heteroatoms. The van der Waals surface area contributed by atoms with E-state index >= 15 is 0 Å². The third kappa shape index (κ3) is 6.66. The van der Waals surface area contributed by atoms with E-state index in [0.717, 1.165) is 25.4 Å². The van der Waals surface area contributed by atoms with E-state index in [2.05, 4.69) is 18.5 Å². The van der Waals surface area contributed by atoms with Gasteiger partial charge in [-0.2, -0.15) is 11.8 Å². The van der Waals surface area contributed by atoms with Crippen LogP contribution in [0.25, 0.3) is 0 Å². The first-order valence-corrected chi connectivity index (χ1v) is 5.48. The zero-order valence-corrected chi connectivity index (χ0v) is 8.54. The van der Waals surface area contributed by atoms with E-state index in [1.54, 1.807) is 0 Å². The fourth-order valence-electron chi connectivity index (χ4n) is 0.786. The molecular formula is C8H19NOS. The Kier molecular flexibility index (Phi) is 8.57. The molecule has 1 N–H and O–H groups in total. The molecule has 0 fully saturated rings. The van der Waals surface area contributed by atoms with Crippen molar-refractivity contribution in [3.63, 3.8) is 0 Å². The first kappa shape index (κ1) is 11.3. The zero-order chi connectivity index (χ0) is 8.53. The fourth-order valence-corrected chi connectivity index (χ4v) is 1.45. The van der Waals surface area contributed by atoms with Gasteiger partial charge >= 0.3 is 0 Å². The van der Waals surface area contributed by atoms with Gasteiger partial charge in [0.25, 0.3) is 0 Å². The largest absolute Gasteiger partial charge is 0.380 e. The summed E-state index contributed by atoms with van der Waals surface area (Å²) in [4.78, 5) is 0. The number of likely N-dealkylation sites (N-methyl/N-ethyl adjacent to an activating group) is 1. The molecular weight excluding hydrogens is 158 g/mol. The summed E-state index contributed by atoms with van der Waals surface area (Å²) in [5, 5.41) is 3.22. The molecule has 0 spiro atoms. The minimum absolute atomic E-state index is 0.511. The second-order valence-corrected chi connectivity index (χ2v) is 3.43. The van der Waals surface area contributed by atoms with E-state index in [9.17, 15) is 0 Å². The highest BCUT2D eigenvalue weighted by Gasteiger charge is 2.03. The highest BCUT2D eigenvalue weighted by atomic mass is 32.2. The van der Waals surface area contributed by atoms with Gasteiger partial charge in [-0.05, 0) is 19.7 Å². The zero-order valence-electron chi connectivity index (χ0n) is 7.72. The van der Waals surface area contributed by atoms with Gasteiger partial charge in [-0.15, -0.1) is 0 Å². The van der Waals surface area contributed by atoms with Crippen molar-refractivity contribution in [2.24, 2.45) is 0 Å². The van der Waals surface area contributed by atoms with Crippen LogP contribution >= 0.6 is 11.8 Å². The highest BCUT2D eigenvalue weighted by molar-refractivity contribution is 7.98. The van der Waals surface area contributed by atoms with Gasteiger partial charge in [0, 0.05) is 18.4 Å². The summed E-state index contributed by atoms with van der Waals surface area (Å²) in [6.07, 6.45) is 3.22. The second-order valence-electron chi connectivity index (χ2n) is 2.52. The summed E-state index contributed by atoms with van der Waals surface area (Å²) in [7, 11) is 1.98. The predicted molar refractivity (Wildman–Crippen MR) is 52.3 cm³/mol. The smallest absolute Gasteiger partial charge is 0.0627 e. The summed E-state index contributed by atoms with van der Waals surface area (Å²) in [5.41, 5.74) is 0. The van der Waals surface area contributed by atoms with Crippen LogP contribution in [0.15, 0.2) is 0 Å². The molecule has 11 heavy (non-hydrogen) atoms. The Hall–Kier alpha value is 0.270. The average Bonchev–Trinajstić information content (AvgIpc) is 2.03. The van der Waals surface area contributed by atoms with Gasteiger partial charge in [0.15, 0.2) is 0 Å². The predicted octanol–water partition coefficient (Wildman–Crippen LogP) is 1.36. The first-order valence-electron chi connectivity index (χ1n) is 4.09. The summed E-state index contributed by atoms with van der Waals surface area (Å²) in [6, 6.07) is 0.511. The molecule has 0 aromatic rings. The van der Waals surface area contributed by atoms with Crippen molar-refractivity contribution < 1.29 is 4.74 Å². The molecule has 0 aliphatic heterocycles. The summed E-state index contributed by atoms with van der Waals surface area (Å²) < 4.78 is 5.41. The van der Waals surface area contributed by atoms with E-state index in [1.807, 2.05) is 18.8 Å². The number of rotatable bonds is 7. The van der Waals surface area contributed by atoms with E-state index in [1.165, 1.54) is 0 Å².